The van der Waals surface area contributed by atoms with Crippen LogP contribution in [0.15, 0.2) is 16.6 Å². The molecule has 4 heteroatoms. The van der Waals surface area contributed by atoms with Gasteiger partial charge in [0.1, 0.15) is 5.82 Å². The van der Waals surface area contributed by atoms with E-state index in [0.717, 1.165) is 18.4 Å². The molecule has 0 aliphatic carbocycles. The van der Waals surface area contributed by atoms with Crippen LogP contribution >= 0.6 is 15.9 Å². The van der Waals surface area contributed by atoms with Gasteiger partial charge in [0.2, 0.25) is 0 Å². The molecule has 2 atom stereocenters. The SMILES string of the molecule is Cc1cc(F)c(Br)cc1N1C2CCCC1CC(N)C2. The molecule has 0 amide bonds. The van der Waals surface area contributed by atoms with Crippen molar-refractivity contribution < 1.29 is 4.39 Å². The van der Waals surface area contributed by atoms with E-state index in [9.17, 15) is 4.39 Å². The van der Waals surface area contributed by atoms with Crippen LogP contribution in [0.2, 0.25) is 0 Å². The van der Waals surface area contributed by atoms with Gasteiger partial charge in [-0.3, -0.25) is 0 Å². The number of hydrogen-bond donors (Lipinski definition) is 1. The van der Waals surface area contributed by atoms with Crippen molar-refractivity contribution in [3.63, 3.8) is 0 Å². The van der Waals surface area contributed by atoms with Gasteiger partial charge in [-0.05, 0) is 72.7 Å². The summed E-state index contributed by atoms with van der Waals surface area (Å²) in [6.07, 6.45) is 5.83. The predicted octanol–water partition coefficient (Wildman–Crippen LogP) is 3.75. The molecule has 2 saturated heterocycles. The molecule has 19 heavy (non-hydrogen) atoms. The minimum Gasteiger partial charge on any atom is -0.365 e. The van der Waals surface area contributed by atoms with Crippen LogP contribution in [0.3, 0.4) is 0 Å². The lowest BCUT2D eigenvalue weighted by molar-refractivity contribution is 0.271. The van der Waals surface area contributed by atoms with Gasteiger partial charge in [-0.2, -0.15) is 0 Å². The number of nitrogens with zero attached hydrogens (tertiary/aromatic N) is 1. The monoisotopic (exact) mass is 326 g/mol. The van der Waals surface area contributed by atoms with Crippen LogP contribution in [0.25, 0.3) is 0 Å². The summed E-state index contributed by atoms with van der Waals surface area (Å²) in [4.78, 5) is 2.51. The van der Waals surface area contributed by atoms with Crippen LogP contribution < -0.4 is 10.6 Å². The van der Waals surface area contributed by atoms with Crippen LogP contribution in [0, 0.1) is 12.7 Å². The Kier molecular flexibility index (Phi) is 3.56. The molecule has 1 aromatic rings. The number of halogens is 2. The lowest BCUT2D eigenvalue weighted by atomic mass is 9.81. The molecule has 0 aromatic heterocycles. The maximum Gasteiger partial charge on any atom is 0.137 e. The van der Waals surface area contributed by atoms with Crippen LogP contribution in [0.4, 0.5) is 10.1 Å². The number of anilines is 1. The van der Waals surface area contributed by atoms with Crippen molar-refractivity contribution in [1.29, 1.82) is 0 Å². The number of fused-ring (bicyclic) bond motifs is 2. The number of rotatable bonds is 1. The molecule has 0 saturated carbocycles. The number of hydrogen-bond acceptors (Lipinski definition) is 2. The molecule has 2 nitrogen and oxygen atoms in total. The molecule has 0 radical (unpaired) electrons. The summed E-state index contributed by atoms with van der Waals surface area (Å²) in [7, 11) is 0. The highest BCUT2D eigenvalue weighted by Gasteiger charge is 2.37. The summed E-state index contributed by atoms with van der Waals surface area (Å²) in [6.45, 7) is 2.00. The molecule has 2 unspecified atom stereocenters. The average Bonchev–Trinajstić information content (AvgIpc) is 2.33. The van der Waals surface area contributed by atoms with Crippen LogP contribution in [-0.4, -0.2) is 18.1 Å². The molecule has 2 aliphatic rings. The second-order valence-electron chi connectivity index (χ2n) is 5.93. The van der Waals surface area contributed by atoms with Crippen molar-refractivity contribution in [2.24, 2.45) is 5.73 Å². The fraction of sp³-hybridized carbons (Fsp3) is 0.600. The highest BCUT2D eigenvalue weighted by atomic mass is 79.9. The number of nitrogens with two attached hydrogens (primary N) is 1. The van der Waals surface area contributed by atoms with Crippen LogP contribution in [0.1, 0.15) is 37.7 Å². The van der Waals surface area contributed by atoms with Crippen molar-refractivity contribution >= 4 is 21.6 Å². The maximum atomic E-state index is 13.6. The summed E-state index contributed by atoms with van der Waals surface area (Å²) in [5.74, 6) is -0.180. The fourth-order valence-corrected chi connectivity index (χ4v) is 4.06. The zero-order chi connectivity index (χ0) is 13.6. The van der Waals surface area contributed by atoms with E-state index in [0.29, 0.717) is 22.6 Å². The van der Waals surface area contributed by atoms with E-state index in [2.05, 4.69) is 20.8 Å². The van der Waals surface area contributed by atoms with Crippen molar-refractivity contribution in [2.45, 2.75) is 57.2 Å². The van der Waals surface area contributed by atoms with Gasteiger partial charge in [0, 0.05) is 23.8 Å². The third kappa shape index (κ3) is 2.40. The second kappa shape index (κ2) is 5.06. The molecule has 1 aromatic carbocycles. The van der Waals surface area contributed by atoms with Gasteiger partial charge in [-0.15, -0.1) is 0 Å². The number of benzene rings is 1. The number of piperidine rings is 2. The maximum absolute atomic E-state index is 13.6. The molecule has 104 valence electrons. The van der Waals surface area contributed by atoms with E-state index >= 15 is 0 Å². The largest absolute Gasteiger partial charge is 0.365 e. The molecule has 2 aliphatic heterocycles. The molecular formula is C15H20BrFN2. The van der Waals surface area contributed by atoms with E-state index in [1.807, 2.05) is 13.0 Å². The smallest absolute Gasteiger partial charge is 0.137 e. The average molecular weight is 327 g/mol. The zero-order valence-corrected chi connectivity index (χ0v) is 12.8. The minimum atomic E-state index is -0.180. The van der Waals surface area contributed by atoms with E-state index in [4.69, 9.17) is 5.73 Å². The summed E-state index contributed by atoms with van der Waals surface area (Å²) in [6, 6.07) is 4.95. The van der Waals surface area contributed by atoms with Gasteiger partial charge in [0.25, 0.3) is 0 Å². The van der Waals surface area contributed by atoms with Gasteiger partial charge < -0.3 is 10.6 Å². The van der Waals surface area contributed by atoms with Gasteiger partial charge in [0.15, 0.2) is 0 Å². The normalized spacial score (nSPS) is 30.5. The van der Waals surface area contributed by atoms with E-state index in [1.54, 1.807) is 6.07 Å². The fourth-order valence-electron chi connectivity index (χ4n) is 3.73. The minimum absolute atomic E-state index is 0.180. The summed E-state index contributed by atoms with van der Waals surface area (Å²) in [5, 5.41) is 0. The van der Waals surface area contributed by atoms with Gasteiger partial charge in [-0.1, -0.05) is 0 Å². The molecule has 2 N–H and O–H groups in total. The quantitative estimate of drug-likeness (QED) is 0.851. The van der Waals surface area contributed by atoms with Crippen molar-refractivity contribution in [2.75, 3.05) is 4.90 Å². The van der Waals surface area contributed by atoms with Crippen LogP contribution in [-0.2, 0) is 0 Å². The Morgan fingerprint density at radius 3 is 2.53 bits per heavy atom. The first-order valence-electron chi connectivity index (χ1n) is 7.06. The zero-order valence-electron chi connectivity index (χ0n) is 11.2. The van der Waals surface area contributed by atoms with E-state index in [-0.39, 0.29) is 5.82 Å². The molecular weight excluding hydrogens is 307 g/mol. The van der Waals surface area contributed by atoms with Crippen molar-refractivity contribution in [1.82, 2.24) is 0 Å². The van der Waals surface area contributed by atoms with E-state index < -0.39 is 0 Å². The van der Waals surface area contributed by atoms with E-state index in [1.165, 1.54) is 24.9 Å². The lowest BCUT2D eigenvalue weighted by Crippen LogP contribution is -2.55. The van der Waals surface area contributed by atoms with Crippen molar-refractivity contribution in [3.8, 4) is 0 Å². The summed E-state index contributed by atoms with van der Waals surface area (Å²) in [5.41, 5.74) is 8.36. The van der Waals surface area contributed by atoms with Crippen LogP contribution in [0.5, 0.6) is 0 Å². The third-order valence-electron chi connectivity index (χ3n) is 4.53. The first-order valence-corrected chi connectivity index (χ1v) is 7.85. The molecule has 0 spiro atoms. The molecule has 2 heterocycles. The Bertz CT molecular complexity index is 477. The Morgan fingerprint density at radius 1 is 1.26 bits per heavy atom. The first kappa shape index (κ1) is 13.4. The highest BCUT2D eigenvalue weighted by molar-refractivity contribution is 9.10. The highest BCUT2D eigenvalue weighted by Crippen LogP contribution is 2.39. The summed E-state index contributed by atoms with van der Waals surface area (Å²) < 4.78 is 14.2. The topological polar surface area (TPSA) is 29.3 Å². The Labute approximate surface area is 122 Å². The lowest BCUT2D eigenvalue weighted by Gasteiger charge is -2.50. The number of aryl methyl sites for hydroxylation is 1. The Balaban J connectivity index is 1.99. The van der Waals surface area contributed by atoms with Crippen molar-refractivity contribution in [3.05, 3.63) is 28.0 Å². The van der Waals surface area contributed by atoms with Gasteiger partial charge in [0.05, 0.1) is 4.47 Å². The first-order chi connectivity index (χ1) is 9.06. The predicted molar refractivity (Wildman–Crippen MR) is 80.0 cm³/mol. The summed E-state index contributed by atoms with van der Waals surface area (Å²) >= 11 is 3.31. The molecule has 2 fully saturated rings. The second-order valence-corrected chi connectivity index (χ2v) is 6.78. The molecule has 2 bridgehead atoms. The standard InChI is InChI=1S/C15H20BrFN2/c1-9-5-14(17)13(16)8-15(9)19-11-3-2-4-12(19)7-10(18)6-11/h5,8,10-12H,2-4,6-7,18H2,1H3. The van der Waals surface area contributed by atoms with Gasteiger partial charge >= 0.3 is 0 Å². The van der Waals surface area contributed by atoms with Gasteiger partial charge in [-0.25, -0.2) is 4.39 Å². The molecule has 3 rings (SSSR count). The third-order valence-corrected chi connectivity index (χ3v) is 5.14. The Morgan fingerprint density at radius 2 is 1.89 bits per heavy atom. The Hall–Kier alpha value is -0.610.